The Labute approximate surface area is 243 Å². The summed E-state index contributed by atoms with van der Waals surface area (Å²) < 4.78 is 16.3. The summed E-state index contributed by atoms with van der Waals surface area (Å²) in [5, 5.41) is 15.6. The number of carboxylic acids is 2. The average Bonchev–Trinajstić information content (AvgIpc) is 3.00. The van der Waals surface area contributed by atoms with Gasteiger partial charge in [-0.15, -0.1) is 0 Å². The van der Waals surface area contributed by atoms with Crippen LogP contribution in [0, 0.1) is 6.92 Å². The summed E-state index contributed by atoms with van der Waals surface area (Å²) in [7, 11) is 3.26. The normalized spacial score (nSPS) is 13.2. The minimum Gasteiger partial charge on any atom is -0.497 e. The number of hydrogen-bond donors (Lipinski definition) is 2. The highest BCUT2D eigenvalue weighted by molar-refractivity contribution is 5.94. The van der Waals surface area contributed by atoms with Gasteiger partial charge in [0, 0.05) is 67.8 Å². The number of aryl methyl sites for hydroxylation is 1. The number of carbonyl (C=O) groups is 3. The quantitative estimate of drug-likeness (QED) is 0.342. The van der Waals surface area contributed by atoms with Crippen molar-refractivity contribution in [2.24, 2.45) is 0 Å². The molecule has 1 aliphatic heterocycles. The number of piperazine rings is 1. The molecule has 4 rings (SSSR count). The lowest BCUT2D eigenvalue weighted by atomic mass is 10.1. The third kappa shape index (κ3) is 9.89. The van der Waals surface area contributed by atoms with Crippen molar-refractivity contribution in [3.05, 3.63) is 78.0 Å². The molecule has 1 aliphatic rings. The van der Waals surface area contributed by atoms with Crippen molar-refractivity contribution in [3.63, 3.8) is 0 Å². The Morgan fingerprint density at radius 1 is 0.833 bits per heavy atom. The number of amides is 1. The predicted molar refractivity (Wildman–Crippen MR) is 154 cm³/mol. The first kappa shape index (κ1) is 31.6. The molecule has 0 bridgehead atoms. The van der Waals surface area contributed by atoms with Gasteiger partial charge in [-0.1, -0.05) is 0 Å². The highest BCUT2D eigenvalue weighted by Crippen LogP contribution is 2.22. The van der Waals surface area contributed by atoms with Crippen molar-refractivity contribution in [3.8, 4) is 28.8 Å². The molecule has 0 radical (unpaired) electrons. The van der Waals surface area contributed by atoms with Gasteiger partial charge in [-0.3, -0.25) is 9.69 Å². The molecule has 3 aromatic rings. The van der Waals surface area contributed by atoms with E-state index in [9.17, 15) is 14.4 Å². The number of aliphatic carboxylic acids is 2. The van der Waals surface area contributed by atoms with E-state index in [4.69, 9.17) is 24.4 Å². The predicted octanol–water partition coefficient (Wildman–Crippen LogP) is 3.02. The Kier molecular flexibility index (Phi) is 11.8. The molecule has 1 saturated heterocycles. The summed E-state index contributed by atoms with van der Waals surface area (Å²) >= 11 is 0. The third-order valence-electron chi connectivity index (χ3n) is 6.20. The Morgan fingerprint density at radius 3 is 1.90 bits per heavy atom. The standard InChI is InChI=1S/C26H30N4O4.C4H4O4/c1-19-18-24(28-25(27-19)20-4-8-22(32-2)9-5-20)34-17-16-29-12-14-30(15-13-29)26(31)21-6-10-23(33-3)11-7-21;5-3(6)1-2-4(7)8/h4-11,18H,12-17H2,1-3H3;1-2H,(H,5,6)(H,7,8). The van der Waals surface area contributed by atoms with Crippen LogP contribution in [0.2, 0.25) is 0 Å². The number of nitrogens with zero attached hydrogens (tertiary/aromatic N) is 4. The highest BCUT2D eigenvalue weighted by Gasteiger charge is 2.22. The van der Waals surface area contributed by atoms with Crippen LogP contribution in [-0.2, 0) is 9.59 Å². The zero-order valence-electron chi connectivity index (χ0n) is 23.7. The van der Waals surface area contributed by atoms with Crippen molar-refractivity contribution in [2.45, 2.75) is 6.92 Å². The van der Waals surface area contributed by atoms with E-state index in [2.05, 4.69) is 14.9 Å². The van der Waals surface area contributed by atoms with E-state index >= 15 is 0 Å². The molecular formula is C30H34N4O8. The number of hydrogen-bond acceptors (Lipinski definition) is 9. The van der Waals surface area contributed by atoms with Gasteiger partial charge < -0.3 is 29.3 Å². The fraction of sp³-hybridized carbons (Fsp3) is 0.300. The van der Waals surface area contributed by atoms with E-state index in [1.807, 2.05) is 66.4 Å². The number of benzene rings is 2. The molecule has 0 atom stereocenters. The van der Waals surface area contributed by atoms with Crippen molar-refractivity contribution in [1.82, 2.24) is 19.8 Å². The molecule has 12 heteroatoms. The summed E-state index contributed by atoms with van der Waals surface area (Å²) in [6.07, 6.45) is 1.12. The molecule has 1 amide bonds. The Hall–Kier alpha value is -4.97. The minimum absolute atomic E-state index is 0.0566. The highest BCUT2D eigenvalue weighted by atomic mass is 16.5. The molecule has 12 nitrogen and oxygen atoms in total. The molecular weight excluding hydrogens is 544 g/mol. The molecule has 222 valence electrons. The lowest BCUT2D eigenvalue weighted by molar-refractivity contribution is -0.134. The number of methoxy groups -OCH3 is 2. The molecule has 0 unspecified atom stereocenters. The van der Waals surface area contributed by atoms with Gasteiger partial charge in [-0.05, 0) is 55.5 Å². The van der Waals surface area contributed by atoms with E-state index in [0.717, 1.165) is 42.4 Å². The second-order valence-electron chi connectivity index (χ2n) is 9.12. The first-order valence-electron chi connectivity index (χ1n) is 13.1. The van der Waals surface area contributed by atoms with Gasteiger partial charge in [0.15, 0.2) is 5.82 Å². The monoisotopic (exact) mass is 578 g/mol. The smallest absolute Gasteiger partial charge is 0.328 e. The van der Waals surface area contributed by atoms with Crippen LogP contribution in [0.25, 0.3) is 11.4 Å². The molecule has 2 aromatic carbocycles. The molecule has 1 fully saturated rings. The van der Waals surface area contributed by atoms with Gasteiger partial charge in [0.1, 0.15) is 18.1 Å². The molecule has 42 heavy (non-hydrogen) atoms. The van der Waals surface area contributed by atoms with Crippen LogP contribution < -0.4 is 14.2 Å². The first-order chi connectivity index (χ1) is 20.2. The van der Waals surface area contributed by atoms with Crippen LogP contribution in [0.15, 0.2) is 66.7 Å². The molecule has 0 spiro atoms. The van der Waals surface area contributed by atoms with E-state index in [-0.39, 0.29) is 5.91 Å². The average molecular weight is 579 g/mol. The summed E-state index contributed by atoms with van der Waals surface area (Å²) in [5.74, 6) is 0.269. The molecule has 2 heterocycles. The maximum absolute atomic E-state index is 12.7. The molecule has 1 aromatic heterocycles. The van der Waals surface area contributed by atoms with Crippen LogP contribution in [0.4, 0.5) is 0 Å². The van der Waals surface area contributed by atoms with Gasteiger partial charge >= 0.3 is 11.9 Å². The summed E-state index contributed by atoms with van der Waals surface area (Å²) in [6.45, 7) is 6.23. The van der Waals surface area contributed by atoms with E-state index in [1.165, 1.54) is 0 Å². The number of carboxylic acid groups (broad SMARTS) is 2. The Balaban J connectivity index is 0.000000531. The first-order valence-corrected chi connectivity index (χ1v) is 13.1. The van der Waals surface area contributed by atoms with Crippen LogP contribution >= 0.6 is 0 Å². The third-order valence-corrected chi connectivity index (χ3v) is 6.20. The van der Waals surface area contributed by atoms with E-state index < -0.39 is 11.9 Å². The molecule has 0 aliphatic carbocycles. The van der Waals surface area contributed by atoms with Crippen LogP contribution in [0.3, 0.4) is 0 Å². The maximum Gasteiger partial charge on any atom is 0.328 e. The fourth-order valence-corrected chi connectivity index (χ4v) is 4.00. The zero-order valence-corrected chi connectivity index (χ0v) is 23.7. The van der Waals surface area contributed by atoms with Crippen LogP contribution in [0.1, 0.15) is 16.1 Å². The zero-order chi connectivity index (χ0) is 30.5. The fourth-order valence-electron chi connectivity index (χ4n) is 4.00. The largest absolute Gasteiger partial charge is 0.497 e. The summed E-state index contributed by atoms with van der Waals surface area (Å²) in [6, 6.07) is 16.7. The second kappa shape index (κ2) is 15.7. The van der Waals surface area contributed by atoms with Crippen LogP contribution in [0.5, 0.6) is 17.4 Å². The summed E-state index contributed by atoms with van der Waals surface area (Å²) in [5.41, 5.74) is 2.44. The molecule has 2 N–H and O–H groups in total. The minimum atomic E-state index is -1.26. The van der Waals surface area contributed by atoms with Crippen molar-refractivity contribution in [2.75, 3.05) is 53.6 Å². The van der Waals surface area contributed by atoms with Gasteiger partial charge in [0.2, 0.25) is 5.88 Å². The van der Waals surface area contributed by atoms with Gasteiger partial charge in [-0.2, -0.15) is 4.98 Å². The van der Waals surface area contributed by atoms with Gasteiger partial charge in [0.05, 0.1) is 14.2 Å². The van der Waals surface area contributed by atoms with E-state index in [1.54, 1.807) is 14.2 Å². The van der Waals surface area contributed by atoms with Gasteiger partial charge in [-0.25, -0.2) is 14.6 Å². The Morgan fingerprint density at radius 2 is 1.38 bits per heavy atom. The van der Waals surface area contributed by atoms with Gasteiger partial charge in [0.25, 0.3) is 5.91 Å². The lowest BCUT2D eigenvalue weighted by Crippen LogP contribution is -2.49. The Bertz CT molecular complexity index is 1350. The number of rotatable bonds is 10. The van der Waals surface area contributed by atoms with Crippen molar-refractivity contribution >= 4 is 17.8 Å². The number of carbonyl (C=O) groups excluding carboxylic acids is 1. The number of ether oxygens (including phenoxy) is 3. The van der Waals surface area contributed by atoms with E-state index in [0.29, 0.717) is 49.1 Å². The van der Waals surface area contributed by atoms with Crippen LogP contribution in [-0.4, -0.2) is 101 Å². The topological polar surface area (TPSA) is 152 Å². The second-order valence-corrected chi connectivity index (χ2v) is 9.12. The molecule has 0 saturated carbocycles. The van der Waals surface area contributed by atoms with Crippen molar-refractivity contribution < 1.29 is 38.8 Å². The lowest BCUT2D eigenvalue weighted by Gasteiger charge is -2.34. The van der Waals surface area contributed by atoms with Crippen molar-refractivity contribution in [1.29, 1.82) is 0 Å². The maximum atomic E-state index is 12.7. The SMILES string of the molecule is COc1ccc(C(=O)N2CCN(CCOc3cc(C)nc(-c4ccc(OC)cc4)n3)CC2)cc1.O=C(O)C=CC(=O)O. The summed E-state index contributed by atoms with van der Waals surface area (Å²) in [4.78, 5) is 45.1. The number of aromatic nitrogens is 2.